The molecule has 2 heterocycles. The fourth-order valence-corrected chi connectivity index (χ4v) is 2.87. The molecule has 0 aliphatic carbocycles. The fourth-order valence-electron chi connectivity index (χ4n) is 2.87. The molecule has 6 nitrogen and oxygen atoms in total. The lowest BCUT2D eigenvalue weighted by atomic mass is 10.2. The molecule has 0 atom stereocenters. The molecule has 0 N–H and O–H groups in total. The number of benzene rings is 2. The van der Waals surface area contributed by atoms with E-state index in [1.54, 1.807) is 12.1 Å². The number of rotatable bonds is 5. The van der Waals surface area contributed by atoms with Gasteiger partial charge in [0, 0.05) is 5.56 Å². The van der Waals surface area contributed by atoms with Crippen molar-refractivity contribution in [2.75, 3.05) is 0 Å². The maximum atomic E-state index is 13.3. The minimum absolute atomic E-state index is 0.150. The van der Waals surface area contributed by atoms with E-state index in [-0.39, 0.29) is 17.6 Å². The number of imidazole rings is 1. The second kappa shape index (κ2) is 7.42. The first-order chi connectivity index (χ1) is 13.9. The lowest BCUT2D eigenvalue weighted by Crippen LogP contribution is -2.20. The Morgan fingerprint density at radius 3 is 2.52 bits per heavy atom. The van der Waals surface area contributed by atoms with E-state index in [1.807, 2.05) is 30.3 Å². The largest absolute Gasteiger partial charge is 0.458 e. The summed E-state index contributed by atoms with van der Waals surface area (Å²) in [7, 11) is 0. The van der Waals surface area contributed by atoms with Crippen molar-refractivity contribution in [1.29, 1.82) is 0 Å². The average Bonchev–Trinajstić information content (AvgIpc) is 3.32. The number of oxazole rings is 1. The first kappa shape index (κ1) is 18.7. The van der Waals surface area contributed by atoms with Crippen LogP contribution in [-0.2, 0) is 28.9 Å². The third kappa shape index (κ3) is 3.98. The molecule has 0 saturated heterocycles. The molecule has 0 amide bonds. The van der Waals surface area contributed by atoms with Gasteiger partial charge < -0.3 is 13.7 Å². The number of carbonyl (C=O) groups is 1. The van der Waals surface area contributed by atoms with Crippen LogP contribution in [0, 0.1) is 0 Å². The Bertz CT molecular complexity index is 1150. The van der Waals surface area contributed by atoms with Gasteiger partial charge in [-0.25, -0.2) is 9.97 Å². The van der Waals surface area contributed by atoms with E-state index in [1.165, 1.54) is 18.4 Å². The smallest absolute Gasteiger partial charge is 0.449 e. The molecular formula is C20H14F3N3O3. The summed E-state index contributed by atoms with van der Waals surface area (Å²) >= 11 is 0. The molecule has 0 radical (unpaired) electrons. The Balaban J connectivity index is 1.48. The molecule has 0 bridgehead atoms. The van der Waals surface area contributed by atoms with Crippen LogP contribution in [-0.4, -0.2) is 20.5 Å². The molecule has 9 heteroatoms. The number of esters is 1. The summed E-state index contributed by atoms with van der Waals surface area (Å²) < 4.78 is 51.1. The summed E-state index contributed by atoms with van der Waals surface area (Å²) in [5.74, 6) is -1.64. The van der Waals surface area contributed by atoms with Gasteiger partial charge in [-0.1, -0.05) is 30.3 Å². The normalized spacial score (nSPS) is 11.7. The molecule has 2 aromatic carbocycles. The zero-order valence-corrected chi connectivity index (χ0v) is 14.9. The van der Waals surface area contributed by atoms with Crippen LogP contribution in [0.3, 0.4) is 0 Å². The lowest BCUT2D eigenvalue weighted by Gasteiger charge is -2.10. The van der Waals surface area contributed by atoms with Crippen LogP contribution in [0.1, 0.15) is 11.5 Å². The summed E-state index contributed by atoms with van der Waals surface area (Å²) in [6, 6.07) is 15.2. The van der Waals surface area contributed by atoms with E-state index in [4.69, 9.17) is 9.15 Å². The summed E-state index contributed by atoms with van der Waals surface area (Å²) in [5.41, 5.74) is 1.45. The van der Waals surface area contributed by atoms with Crippen molar-refractivity contribution in [3.63, 3.8) is 0 Å². The second-order valence-electron chi connectivity index (χ2n) is 6.18. The molecule has 0 saturated carbocycles. The van der Waals surface area contributed by atoms with Gasteiger partial charge in [0.15, 0.2) is 0 Å². The highest BCUT2D eigenvalue weighted by molar-refractivity contribution is 5.79. The minimum Gasteiger partial charge on any atom is -0.458 e. The third-order valence-corrected chi connectivity index (χ3v) is 4.15. The van der Waals surface area contributed by atoms with Gasteiger partial charge in [-0.05, 0) is 24.3 Å². The molecule has 0 aliphatic rings. The molecule has 0 aliphatic heterocycles. The van der Waals surface area contributed by atoms with Crippen LogP contribution in [0.2, 0.25) is 0 Å². The quantitative estimate of drug-likeness (QED) is 0.462. The van der Waals surface area contributed by atoms with Crippen molar-refractivity contribution < 1.29 is 27.1 Å². The van der Waals surface area contributed by atoms with Crippen molar-refractivity contribution in [2.45, 2.75) is 19.3 Å². The average molecular weight is 401 g/mol. The molecule has 29 heavy (non-hydrogen) atoms. The van der Waals surface area contributed by atoms with Crippen LogP contribution >= 0.6 is 0 Å². The van der Waals surface area contributed by atoms with E-state index in [0.29, 0.717) is 11.6 Å². The van der Waals surface area contributed by atoms with Crippen LogP contribution < -0.4 is 0 Å². The SMILES string of the molecule is O=C(Cn1c(C(F)(F)F)nc2ccccc21)OCc1coc(-c2ccccc2)n1. The molecule has 4 rings (SSSR count). The molecule has 148 valence electrons. The summed E-state index contributed by atoms with van der Waals surface area (Å²) in [4.78, 5) is 20.0. The number of halogens is 3. The Hall–Kier alpha value is -3.62. The minimum atomic E-state index is -4.70. The van der Waals surface area contributed by atoms with Gasteiger partial charge in [0.05, 0.1) is 11.0 Å². The standard InChI is InChI=1S/C20H14F3N3O3/c21-20(22,23)19-25-15-8-4-5-9-16(15)26(19)10-17(27)28-11-14-12-29-18(24-14)13-6-2-1-3-7-13/h1-9,12H,10-11H2. The summed E-state index contributed by atoms with van der Waals surface area (Å²) in [5, 5.41) is 0. The molecule has 4 aromatic rings. The molecule has 0 spiro atoms. The van der Waals surface area contributed by atoms with Crippen molar-refractivity contribution in [3.8, 4) is 11.5 Å². The number of para-hydroxylation sites is 2. The van der Waals surface area contributed by atoms with Gasteiger partial charge in [-0.15, -0.1) is 0 Å². The predicted octanol–water partition coefficient (Wildman–Crippen LogP) is 4.45. The number of hydrogen-bond acceptors (Lipinski definition) is 5. The first-order valence-corrected chi connectivity index (χ1v) is 8.60. The molecule has 2 aromatic heterocycles. The van der Waals surface area contributed by atoms with Crippen molar-refractivity contribution >= 4 is 17.0 Å². The van der Waals surface area contributed by atoms with Crippen molar-refractivity contribution in [3.05, 3.63) is 72.4 Å². The highest BCUT2D eigenvalue weighted by Crippen LogP contribution is 2.31. The zero-order chi connectivity index (χ0) is 20.4. The summed E-state index contributed by atoms with van der Waals surface area (Å²) in [6.45, 7) is -0.845. The molecular weight excluding hydrogens is 387 g/mol. The van der Waals surface area contributed by atoms with Crippen LogP contribution in [0.4, 0.5) is 13.2 Å². The Morgan fingerprint density at radius 2 is 1.76 bits per heavy atom. The third-order valence-electron chi connectivity index (χ3n) is 4.15. The highest BCUT2D eigenvalue weighted by Gasteiger charge is 2.38. The number of carbonyl (C=O) groups excluding carboxylic acids is 1. The van der Waals surface area contributed by atoms with Gasteiger partial charge in [0.1, 0.15) is 25.1 Å². The lowest BCUT2D eigenvalue weighted by molar-refractivity contribution is -0.151. The van der Waals surface area contributed by atoms with Crippen molar-refractivity contribution in [1.82, 2.24) is 14.5 Å². The first-order valence-electron chi connectivity index (χ1n) is 8.60. The zero-order valence-electron chi connectivity index (χ0n) is 14.9. The molecule has 0 unspecified atom stereocenters. The van der Waals surface area contributed by atoms with E-state index < -0.39 is 24.5 Å². The fraction of sp³-hybridized carbons (Fsp3) is 0.150. The van der Waals surface area contributed by atoms with Gasteiger partial charge in [0.2, 0.25) is 11.7 Å². The summed E-state index contributed by atoms with van der Waals surface area (Å²) in [6.07, 6.45) is -3.36. The van der Waals surface area contributed by atoms with Crippen molar-refractivity contribution in [2.24, 2.45) is 0 Å². The number of fused-ring (bicyclic) bond motifs is 1. The van der Waals surface area contributed by atoms with Gasteiger partial charge in [-0.2, -0.15) is 13.2 Å². The monoisotopic (exact) mass is 401 g/mol. The second-order valence-corrected chi connectivity index (χ2v) is 6.18. The number of alkyl halides is 3. The van der Waals surface area contributed by atoms with Gasteiger partial charge in [0.25, 0.3) is 0 Å². The number of nitrogens with zero attached hydrogens (tertiary/aromatic N) is 3. The maximum Gasteiger partial charge on any atom is 0.449 e. The highest BCUT2D eigenvalue weighted by atomic mass is 19.4. The topological polar surface area (TPSA) is 70.2 Å². The maximum absolute atomic E-state index is 13.3. The number of ether oxygens (including phenoxy) is 1. The van der Waals surface area contributed by atoms with E-state index in [0.717, 1.165) is 10.1 Å². The van der Waals surface area contributed by atoms with E-state index in [2.05, 4.69) is 9.97 Å². The van der Waals surface area contributed by atoms with Crippen LogP contribution in [0.5, 0.6) is 0 Å². The number of aromatic nitrogens is 3. The Labute approximate surface area is 162 Å². The molecule has 0 fully saturated rings. The Morgan fingerprint density at radius 1 is 1.03 bits per heavy atom. The van der Waals surface area contributed by atoms with E-state index in [9.17, 15) is 18.0 Å². The predicted molar refractivity (Wildman–Crippen MR) is 96.5 cm³/mol. The van der Waals surface area contributed by atoms with E-state index >= 15 is 0 Å². The number of hydrogen-bond donors (Lipinski definition) is 0. The van der Waals surface area contributed by atoms with Gasteiger partial charge >= 0.3 is 12.1 Å². The van der Waals surface area contributed by atoms with Crippen LogP contribution in [0.25, 0.3) is 22.5 Å². The van der Waals surface area contributed by atoms with Crippen LogP contribution in [0.15, 0.2) is 65.3 Å². The van der Waals surface area contributed by atoms with Gasteiger partial charge in [-0.3, -0.25) is 4.79 Å². The Kier molecular flexibility index (Phi) is 4.79.